The maximum absolute atomic E-state index is 13.2. The van der Waals surface area contributed by atoms with Crippen molar-refractivity contribution in [3.05, 3.63) is 47.5 Å². The molecule has 1 rings (SSSR count). The van der Waals surface area contributed by atoms with Gasteiger partial charge in [0.1, 0.15) is 11.6 Å². The molecule has 0 saturated carbocycles. The Bertz CT molecular complexity index is 573. The summed E-state index contributed by atoms with van der Waals surface area (Å²) in [6, 6.07) is 1.78. The molecule has 3 N–H and O–H groups in total. The molecule has 1 aromatic carbocycles. The lowest BCUT2D eigenvalue weighted by Gasteiger charge is -2.06. The molecule has 0 radical (unpaired) electrons. The number of nitrogens with one attached hydrogen (secondary N) is 2. The third kappa shape index (κ3) is 5.25. The van der Waals surface area contributed by atoms with Gasteiger partial charge in [-0.3, -0.25) is 10.1 Å². The zero-order chi connectivity index (χ0) is 15.1. The van der Waals surface area contributed by atoms with Crippen LogP contribution in [0.4, 0.5) is 13.6 Å². The minimum Gasteiger partial charge on any atom is -0.478 e. The summed E-state index contributed by atoms with van der Waals surface area (Å²) < 4.78 is 26.1. The van der Waals surface area contributed by atoms with Crippen molar-refractivity contribution in [3.63, 3.8) is 0 Å². The number of rotatable bonds is 4. The molecule has 0 spiro atoms. The Labute approximate surface area is 112 Å². The van der Waals surface area contributed by atoms with Crippen LogP contribution in [-0.2, 0) is 16.1 Å². The second-order valence-corrected chi connectivity index (χ2v) is 3.58. The molecular formula is C12H10F2N2O4. The normalized spacial score (nSPS) is 10.3. The smallest absolute Gasteiger partial charge is 0.328 e. The molecule has 1 aromatic rings. The van der Waals surface area contributed by atoms with Gasteiger partial charge >= 0.3 is 12.0 Å². The van der Waals surface area contributed by atoms with Crippen LogP contribution in [0.3, 0.4) is 0 Å². The Hall–Kier alpha value is -2.77. The van der Waals surface area contributed by atoms with Crippen LogP contribution in [0.25, 0.3) is 0 Å². The highest BCUT2D eigenvalue weighted by Gasteiger charge is 2.08. The van der Waals surface area contributed by atoms with Crippen molar-refractivity contribution in [1.82, 2.24) is 10.6 Å². The van der Waals surface area contributed by atoms with Gasteiger partial charge in [-0.25, -0.2) is 18.4 Å². The van der Waals surface area contributed by atoms with E-state index in [0.29, 0.717) is 12.2 Å². The number of hydrogen-bond donors (Lipinski definition) is 3. The highest BCUT2D eigenvalue weighted by atomic mass is 19.1. The first-order valence-electron chi connectivity index (χ1n) is 5.32. The quantitative estimate of drug-likeness (QED) is 0.717. The number of carbonyl (C=O) groups is 3. The third-order valence-corrected chi connectivity index (χ3v) is 2.06. The van der Waals surface area contributed by atoms with Crippen molar-refractivity contribution >= 4 is 17.9 Å². The van der Waals surface area contributed by atoms with E-state index in [9.17, 15) is 23.2 Å². The fraction of sp³-hybridized carbons (Fsp3) is 0.0833. The molecule has 0 aliphatic heterocycles. The Morgan fingerprint density at radius 3 is 2.55 bits per heavy atom. The van der Waals surface area contributed by atoms with E-state index in [1.54, 1.807) is 5.32 Å². The van der Waals surface area contributed by atoms with Gasteiger partial charge in [-0.15, -0.1) is 0 Å². The summed E-state index contributed by atoms with van der Waals surface area (Å²) in [5, 5.41) is 12.2. The van der Waals surface area contributed by atoms with Crippen molar-refractivity contribution in [3.8, 4) is 0 Å². The molecule has 0 saturated heterocycles. The van der Waals surface area contributed by atoms with E-state index in [1.165, 1.54) is 0 Å². The monoisotopic (exact) mass is 284 g/mol. The van der Waals surface area contributed by atoms with E-state index in [2.05, 4.69) is 5.32 Å². The van der Waals surface area contributed by atoms with Gasteiger partial charge in [-0.1, -0.05) is 0 Å². The van der Waals surface area contributed by atoms with Gasteiger partial charge in [0.2, 0.25) is 0 Å². The Morgan fingerprint density at radius 1 is 1.20 bits per heavy atom. The second-order valence-electron chi connectivity index (χ2n) is 3.58. The predicted octanol–water partition coefficient (Wildman–Crippen LogP) is 0.931. The van der Waals surface area contributed by atoms with Gasteiger partial charge < -0.3 is 10.4 Å². The first-order valence-corrected chi connectivity index (χ1v) is 5.32. The lowest BCUT2D eigenvalue weighted by Crippen LogP contribution is -2.38. The van der Waals surface area contributed by atoms with Crippen molar-refractivity contribution in [2.45, 2.75) is 6.54 Å². The van der Waals surface area contributed by atoms with E-state index in [0.717, 1.165) is 18.2 Å². The van der Waals surface area contributed by atoms with E-state index >= 15 is 0 Å². The lowest BCUT2D eigenvalue weighted by atomic mass is 10.2. The first-order chi connectivity index (χ1) is 9.38. The summed E-state index contributed by atoms with van der Waals surface area (Å²) in [4.78, 5) is 32.4. The average Bonchev–Trinajstić information content (AvgIpc) is 2.37. The lowest BCUT2D eigenvalue weighted by molar-refractivity contribution is -0.131. The molecule has 8 heteroatoms. The molecule has 0 aromatic heterocycles. The Kier molecular flexibility index (Phi) is 5.33. The SMILES string of the molecule is O=C(O)C=CC(=O)NC(=O)NCc1cc(F)ccc1F. The minimum atomic E-state index is -1.35. The molecule has 20 heavy (non-hydrogen) atoms. The molecule has 0 aliphatic rings. The molecule has 3 amide bonds. The van der Waals surface area contributed by atoms with Crippen LogP contribution in [0.15, 0.2) is 30.4 Å². The number of aliphatic carboxylic acids is 1. The maximum Gasteiger partial charge on any atom is 0.328 e. The molecular weight excluding hydrogens is 274 g/mol. The summed E-state index contributed by atoms with van der Waals surface area (Å²) in [7, 11) is 0. The Balaban J connectivity index is 2.49. The highest BCUT2D eigenvalue weighted by molar-refractivity contribution is 6.02. The molecule has 0 fully saturated rings. The zero-order valence-corrected chi connectivity index (χ0v) is 10.0. The molecule has 0 heterocycles. The molecule has 0 unspecified atom stereocenters. The van der Waals surface area contributed by atoms with Gasteiger partial charge in [0.05, 0.1) is 0 Å². The summed E-state index contributed by atoms with van der Waals surface area (Å²) in [5.41, 5.74) is -0.0892. The molecule has 106 valence electrons. The predicted molar refractivity (Wildman–Crippen MR) is 63.5 cm³/mol. The van der Waals surface area contributed by atoms with Gasteiger partial charge in [0.15, 0.2) is 0 Å². The summed E-state index contributed by atoms with van der Waals surface area (Å²) in [6.07, 6.45) is 1.19. The van der Waals surface area contributed by atoms with E-state index < -0.39 is 29.5 Å². The summed E-state index contributed by atoms with van der Waals surface area (Å²) in [6.45, 7) is -0.328. The number of urea groups is 1. The van der Waals surface area contributed by atoms with Crippen LogP contribution in [0.1, 0.15) is 5.56 Å². The highest BCUT2D eigenvalue weighted by Crippen LogP contribution is 2.08. The number of amides is 3. The van der Waals surface area contributed by atoms with E-state index in [4.69, 9.17) is 5.11 Å². The number of hydrogen-bond acceptors (Lipinski definition) is 3. The molecule has 0 aliphatic carbocycles. The number of carbonyl (C=O) groups excluding carboxylic acids is 2. The van der Waals surface area contributed by atoms with Crippen LogP contribution < -0.4 is 10.6 Å². The van der Waals surface area contributed by atoms with Gasteiger partial charge in [-0.05, 0) is 18.2 Å². The van der Waals surface area contributed by atoms with Gasteiger partial charge in [0, 0.05) is 24.3 Å². The molecule has 0 bridgehead atoms. The molecule has 0 atom stereocenters. The van der Waals surface area contributed by atoms with Crippen LogP contribution in [0, 0.1) is 11.6 Å². The van der Waals surface area contributed by atoms with E-state index in [1.807, 2.05) is 0 Å². The maximum atomic E-state index is 13.2. The third-order valence-electron chi connectivity index (χ3n) is 2.06. The summed E-state index contributed by atoms with van der Waals surface area (Å²) in [5.74, 6) is -3.67. The number of imide groups is 1. The fourth-order valence-corrected chi connectivity index (χ4v) is 1.20. The average molecular weight is 284 g/mol. The van der Waals surface area contributed by atoms with Crippen LogP contribution in [0.2, 0.25) is 0 Å². The number of halogens is 2. The van der Waals surface area contributed by atoms with Crippen LogP contribution >= 0.6 is 0 Å². The largest absolute Gasteiger partial charge is 0.478 e. The fourth-order valence-electron chi connectivity index (χ4n) is 1.20. The number of benzene rings is 1. The molecule has 6 nitrogen and oxygen atoms in total. The number of carboxylic acid groups (broad SMARTS) is 1. The van der Waals surface area contributed by atoms with Gasteiger partial charge in [0.25, 0.3) is 5.91 Å². The number of carboxylic acids is 1. The van der Waals surface area contributed by atoms with Crippen molar-refractivity contribution in [2.24, 2.45) is 0 Å². The standard InChI is InChI=1S/C12H10F2N2O4/c13-8-1-2-9(14)7(5-8)6-15-12(20)16-10(17)3-4-11(18)19/h1-5H,6H2,(H,18,19)(H2,15,16,17,20). The Morgan fingerprint density at radius 2 is 1.90 bits per heavy atom. The zero-order valence-electron chi connectivity index (χ0n) is 10.0. The minimum absolute atomic E-state index is 0.0892. The first kappa shape index (κ1) is 15.3. The van der Waals surface area contributed by atoms with Crippen molar-refractivity contribution in [1.29, 1.82) is 0 Å². The van der Waals surface area contributed by atoms with Crippen molar-refractivity contribution in [2.75, 3.05) is 0 Å². The second kappa shape index (κ2) is 6.98. The summed E-state index contributed by atoms with van der Waals surface area (Å²) >= 11 is 0. The van der Waals surface area contributed by atoms with Crippen molar-refractivity contribution < 1.29 is 28.3 Å². The topological polar surface area (TPSA) is 95.5 Å². The van der Waals surface area contributed by atoms with E-state index in [-0.39, 0.29) is 12.1 Å². The van der Waals surface area contributed by atoms with Gasteiger partial charge in [-0.2, -0.15) is 0 Å². The van der Waals surface area contributed by atoms with Crippen LogP contribution in [0.5, 0.6) is 0 Å². The van der Waals surface area contributed by atoms with Crippen LogP contribution in [-0.4, -0.2) is 23.0 Å².